The number of hydrogen-bond acceptors (Lipinski definition) is 3. The lowest BCUT2D eigenvalue weighted by atomic mass is 10.1. The van der Waals surface area contributed by atoms with Gasteiger partial charge in [-0.2, -0.15) is 0 Å². The van der Waals surface area contributed by atoms with Crippen LogP contribution in [0.5, 0.6) is 0 Å². The van der Waals surface area contributed by atoms with E-state index in [1.165, 1.54) is 0 Å². The van der Waals surface area contributed by atoms with Crippen molar-refractivity contribution in [3.8, 4) is 0 Å². The van der Waals surface area contributed by atoms with Crippen LogP contribution in [0.25, 0.3) is 0 Å². The van der Waals surface area contributed by atoms with Crippen molar-refractivity contribution in [3.05, 3.63) is 29.6 Å². The molecule has 1 aromatic heterocycles. The first-order chi connectivity index (χ1) is 6.09. The molecule has 0 unspecified atom stereocenters. The van der Waals surface area contributed by atoms with Gasteiger partial charge in [-0.3, -0.25) is 9.78 Å². The highest BCUT2D eigenvalue weighted by Crippen LogP contribution is 2.13. The standard InChI is InChI=1S/C9H11NO3/c1-6-2-3-7(10-5-6)8(11)4-9(12)13/h2-3,5,8,11H,4H2,1H3,(H,12,13)/t8-/m0/s1. The van der Waals surface area contributed by atoms with Gasteiger partial charge in [0.2, 0.25) is 0 Å². The molecule has 4 nitrogen and oxygen atoms in total. The van der Waals surface area contributed by atoms with E-state index in [1.54, 1.807) is 18.3 Å². The SMILES string of the molecule is Cc1ccc([C@@H](O)CC(=O)O)nc1. The molecule has 4 heteroatoms. The molecule has 0 saturated carbocycles. The minimum absolute atomic E-state index is 0.309. The first kappa shape index (κ1) is 9.67. The number of nitrogens with zero attached hydrogens (tertiary/aromatic N) is 1. The summed E-state index contributed by atoms with van der Waals surface area (Å²) in [5, 5.41) is 17.8. The van der Waals surface area contributed by atoms with Gasteiger partial charge < -0.3 is 10.2 Å². The Kier molecular flexibility index (Phi) is 2.97. The van der Waals surface area contributed by atoms with Crippen LogP contribution in [0.3, 0.4) is 0 Å². The Bertz CT molecular complexity index is 294. The molecule has 0 amide bonds. The topological polar surface area (TPSA) is 70.4 Å². The van der Waals surface area contributed by atoms with Crippen LogP contribution in [0.4, 0.5) is 0 Å². The quantitative estimate of drug-likeness (QED) is 0.726. The highest BCUT2D eigenvalue weighted by molar-refractivity contribution is 5.67. The van der Waals surface area contributed by atoms with E-state index in [4.69, 9.17) is 5.11 Å². The minimum Gasteiger partial charge on any atom is -0.481 e. The normalized spacial score (nSPS) is 12.5. The molecule has 0 aromatic carbocycles. The molecule has 2 N–H and O–H groups in total. The second-order valence-corrected chi connectivity index (χ2v) is 2.87. The van der Waals surface area contributed by atoms with Crippen LogP contribution >= 0.6 is 0 Å². The lowest BCUT2D eigenvalue weighted by Gasteiger charge is -2.06. The number of aromatic nitrogens is 1. The summed E-state index contributed by atoms with van der Waals surface area (Å²) in [4.78, 5) is 14.2. The number of carboxylic acids is 1. The summed E-state index contributed by atoms with van der Waals surface area (Å²) in [5.74, 6) is -1.03. The number of aliphatic hydroxyl groups excluding tert-OH is 1. The fourth-order valence-electron chi connectivity index (χ4n) is 0.946. The molecule has 0 fully saturated rings. The third-order valence-corrected chi connectivity index (χ3v) is 1.64. The van der Waals surface area contributed by atoms with E-state index in [1.807, 2.05) is 6.92 Å². The maximum atomic E-state index is 10.3. The lowest BCUT2D eigenvalue weighted by molar-refractivity contribution is -0.139. The van der Waals surface area contributed by atoms with Crippen molar-refractivity contribution in [3.63, 3.8) is 0 Å². The van der Waals surface area contributed by atoms with E-state index in [2.05, 4.69) is 4.98 Å². The van der Waals surface area contributed by atoms with Gasteiger partial charge in [0.1, 0.15) is 6.10 Å². The van der Waals surface area contributed by atoms with E-state index in [0.29, 0.717) is 5.69 Å². The Balaban J connectivity index is 2.71. The number of aliphatic hydroxyl groups is 1. The van der Waals surface area contributed by atoms with Gasteiger partial charge in [-0.05, 0) is 18.6 Å². The molecule has 13 heavy (non-hydrogen) atoms. The molecule has 0 aliphatic heterocycles. The molecule has 1 rings (SSSR count). The van der Waals surface area contributed by atoms with Crippen LogP contribution in [0.15, 0.2) is 18.3 Å². The van der Waals surface area contributed by atoms with E-state index in [0.717, 1.165) is 5.56 Å². The Hall–Kier alpha value is -1.42. The highest BCUT2D eigenvalue weighted by Gasteiger charge is 2.12. The summed E-state index contributed by atoms with van der Waals surface area (Å²) in [6.07, 6.45) is 0.273. The molecular formula is C9H11NO3. The van der Waals surface area contributed by atoms with Crippen molar-refractivity contribution in [2.75, 3.05) is 0 Å². The number of aryl methyl sites for hydroxylation is 1. The average Bonchev–Trinajstić information content (AvgIpc) is 2.04. The van der Waals surface area contributed by atoms with Crippen LogP contribution in [-0.4, -0.2) is 21.2 Å². The van der Waals surface area contributed by atoms with Crippen LogP contribution in [0, 0.1) is 6.92 Å². The minimum atomic E-state index is -1.03. The second kappa shape index (κ2) is 4.00. The fourth-order valence-corrected chi connectivity index (χ4v) is 0.946. The summed E-state index contributed by atoms with van der Waals surface area (Å²) in [5.41, 5.74) is 1.37. The molecule has 0 saturated heterocycles. The van der Waals surface area contributed by atoms with Crippen molar-refractivity contribution in [1.82, 2.24) is 4.98 Å². The lowest BCUT2D eigenvalue weighted by Crippen LogP contribution is -2.06. The first-order valence-corrected chi connectivity index (χ1v) is 3.92. The predicted octanol–water partition coefficient (Wildman–Crippen LogP) is 0.898. The van der Waals surface area contributed by atoms with Crippen molar-refractivity contribution in [1.29, 1.82) is 0 Å². The largest absolute Gasteiger partial charge is 0.481 e. The van der Waals surface area contributed by atoms with Gasteiger partial charge in [0, 0.05) is 6.20 Å². The van der Waals surface area contributed by atoms with Crippen LogP contribution in [0.1, 0.15) is 23.8 Å². The average molecular weight is 181 g/mol. The zero-order chi connectivity index (χ0) is 9.84. The number of hydrogen-bond donors (Lipinski definition) is 2. The monoisotopic (exact) mass is 181 g/mol. The van der Waals surface area contributed by atoms with Gasteiger partial charge in [0.05, 0.1) is 12.1 Å². The third kappa shape index (κ3) is 2.83. The van der Waals surface area contributed by atoms with Gasteiger partial charge in [0.25, 0.3) is 0 Å². The summed E-state index contributed by atoms with van der Waals surface area (Å²) in [7, 11) is 0. The van der Waals surface area contributed by atoms with Gasteiger partial charge >= 0.3 is 5.97 Å². The molecular weight excluding hydrogens is 170 g/mol. The van der Waals surface area contributed by atoms with E-state index >= 15 is 0 Å². The summed E-state index contributed by atoms with van der Waals surface area (Å²) in [6.45, 7) is 1.88. The van der Waals surface area contributed by atoms with Gasteiger partial charge in [0.15, 0.2) is 0 Å². The smallest absolute Gasteiger partial charge is 0.306 e. The van der Waals surface area contributed by atoms with Gasteiger partial charge in [-0.15, -0.1) is 0 Å². The molecule has 1 atom stereocenters. The Morgan fingerprint density at radius 3 is 2.77 bits per heavy atom. The van der Waals surface area contributed by atoms with Gasteiger partial charge in [-0.1, -0.05) is 6.07 Å². The third-order valence-electron chi connectivity index (χ3n) is 1.64. The zero-order valence-electron chi connectivity index (χ0n) is 7.27. The number of aliphatic carboxylic acids is 1. The number of pyridine rings is 1. The van der Waals surface area contributed by atoms with E-state index in [9.17, 15) is 9.90 Å². The number of carboxylic acid groups (broad SMARTS) is 1. The Labute approximate surface area is 75.9 Å². The predicted molar refractivity (Wildman–Crippen MR) is 46.2 cm³/mol. The van der Waals surface area contributed by atoms with Crippen LogP contribution in [0.2, 0.25) is 0 Å². The molecule has 1 aromatic rings. The zero-order valence-corrected chi connectivity index (χ0v) is 7.27. The molecule has 1 heterocycles. The number of rotatable bonds is 3. The number of carbonyl (C=O) groups is 1. The van der Waals surface area contributed by atoms with E-state index in [-0.39, 0.29) is 6.42 Å². The maximum absolute atomic E-state index is 10.3. The molecule has 0 aliphatic rings. The van der Waals surface area contributed by atoms with Crippen molar-refractivity contribution in [2.24, 2.45) is 0 Å². The summed E-state index contributed by atoms with van der Waals surface area (Å²) >= 11 is 0. The Morgan fingerprint density at radius 1 is 1.62 bits per heavy atom. The first-order valence-electron chi connectivity index (χ1n) is 3.92. The van der Waals surface area contributed by atoms with E-state index < -0.39 is 12.1 Å². The summed E-state index contributed by atoms with van der Waals surface area (Å²) in [6, 6.07) is 3.41. The molecule has 70 valence electrons. The van der Waals surface area contributed by atoms with Gasteiger partial charge in [-0.25, -0.2) is 0 Å². The highest BCUT2D eigenvalue weighted by atomic mass is 16.4. The second-order valence-electron chi connectivity index (χ2n) is 2.87. The van der Waals surface area contributed by atoms with Crippen LogP contribution in [-0.2, 0) is 4.79 Å². The van der Waals surface area contributed by atoms with Crippen LogP contribution < -0.4 is 0 Å². The van der Waals surface area contributed by atoms with Crippen molar-refractivity contribution >= 4 is 5.97 Å². The maximum Gasteiger partial charge on any atom is 0.306 e. The molecule has 0 aliphatic carbocycles. The van der Waals surface area contributed by atoms with Crippen molar-refractivity contribution in [2.45, 2.75) is 19.4 Å². The molecule has 0 bridgehead atoms. The summed E-state index contributed by atoms with van der Waals surface area (Å²) < 4.78 is 0. The van der Waals surface area contributed by atoms with Crippen molar-refractivity contribution < 1.29 is 15.0 Å². The fraction of sp³-hybridized carbons (Fsp3) is 0.333. The molecule has 0 spiro atoms. The Morgan fingerprint density at radius 2 is 2.31 bits per heavy atom. The molecule has 0 radical (unpaired) electrons.